The van der Waals surface area contributed by atoms with Crippen molar-refractivity contribution in [3.8, 4) is 0 Å². The molecule has 1 heterocycles. The average Bonchev–Trinajstić information content (AvgIpc) is 2.33. The predicted molar refractivity (Wildman–Crippen MR) is 66.2 cm³/mol. The number of aromatic nitrogens is 1. The van der Waals surface area contributed by atoms with Crippen LogP contribution < -0.4 is 5.73 Å². The van der Waals surface area contributed by atoms with Crippen LogP contribution in [0.4, 0.5) is 5.82 Å². The summed E-state index contributed by atoms with van der Waals surface area (Å²) < 4.78 is 0.634. The topological polar surface area (TPSA) is 56.0 Å². The average molecular weight is 277 g/mol. The normalized spacial score (nSPS) is 10.1. The number of hydrogen-bond donors (Lipinski definition) is 1. The summed E-state index contributed by atoms with van der Waals surface area (Å²) in [6.07, 6.45) is 1.48. The molecule has 2 N–H and O–H groups in total. The van der Waals surface area contributed by atoms with Gasteiger partial charge in [0.1, 0.15) is 5.82 Å². The second-order valence-corrected chi connectivity index (χ2v) is 4.14. The van der Waals surface area contributed by atoms with Gasteiger partial charge >= 0.3 is 0 Å². The highest BCUT2D eigenvalue weighted by molar-refractivity contribution is 9.10. The standard InChI is InChI=1S/C12H9BrN2O/c13-10-6-9(7-15-12(10)14)11(16)8-4-2-1-3-5-8/h1-7H,(H2,14,15). The van der Waals surface area contributed by atoms with E-state index in [-0.39, 0.29) is 5.78 Å². The zero-order valence-electron chi connectivity index (χ0n) is 8.35. The third kappa shape index (κ3) is 2.12. The summed E-state index contributed by atoms with van der Waals surface area (Å²) in [5.74, 6) is 0.318. The molecule has 0 bridgehead atoms. The van der Waals surface area contributed by atoms with Crippen molar-refractivity contribution in [1.82, 2.24) is 4.98 Å². The SMILES string of the molecule is Nc1ncc(C(=O)c2ccccc2)cc1Br. The fraction of sp³-hybridized carbons (Fsp3) is 0. The number of rotatable bonds is 2. The van der Waals surface area contributed by atoms with Crippen molar-refractivity contribution in [3.63, 3.8) is 0 Å². The summed E-state index contributed by atoms with van der Waals surface area (Å²) in [5, 5.41) is 0. The van der Waals surface area contributed by atoms with Gasteiger partial charge in [-0.1, -0.05) is 30.3 Å². The molecule has 16 heavy (non-hydrogen) atoms. The lowest BCUT2D eigenvalue weighted by Crippen LogP contribution is -2.03. The minimum Gasteiger partial charge on any atom is -0.383 e. The van der Waals surface area contributed by atoms with E-state index >= 15 is 0 Å². The zero-order chi connectivity index (χ0) is 11.5. The summed E-state index contributed by atoms with van der Waals surface area (Å²) in [6.45, 7) is 0. The molecule has 0 saturated carbocycles. The Balaban J connectivity index is 2.39. The minimum atomic E-state index is -0.0613. The quantitative estimate of drug-likeness (QED) is 0.858. The predicted octanol–water partition coefficient (Wildman–Crippen LogP) is 2.66. The van der Waals surface area contributed by atoms with Crippen LogP contribution in [0.15, 0.2) is 47.1 Å². The molecule has 4 heteroatoms. The molecule has 1 aromatic heterocycles. The summed E-state index contributed by atoms with van der Waals surface area (Å²) in [4.78, 5) is 15.9. The molecule has 2 rings (SSSR count). The van der Waals surface area contributed by atoms with Crippen molar-refractivity contribution in [2.75, 3.05) is 5.73 Å². The fourth-order valence-electron chi connectivity index (χ4n) is 1.33. The first kappa shape index (κ1) is 10.8. The number of halogens is 1. The van der Waals surface area contributed by atoms with Crippen molar-refractivity contribution in [1.29, 1.82) is 0 Å². The van der Waals surface area contributed by atoms with Crippen molar-refractivity contribution >= 4 is 27.5 Å². The molecule has 0 unspecified atom stereocenters. The Kier molecular flexibility index (Phi) is 3.01. The Bertz CT molecular complexity index is 526. The largest absolute Gasteiger partial charge is 0.383 e. The van der Waals surface area contributed by atoms with Crippen LogP contribution in [0.5, 0.6) is 0 Å². The van der Waals surface area contributed by atoms with Crippen molar-refractivity contribution in [3.05, 3.63) is 58.2 Å². The van der Waals surface area contributed by atoms with Crippen molar-refractivity contribution in [2.24, 2.45) is 0 Å². The van der Waals surface area contributed by atoms with Crippen LogP contribution in [0.25, 0.3) is 0 Å². The van der Waals surface area contributed by atoms with Gasteiger partial charge in [0.15, 0.2) is 5.78 Å². The molecule has 0 aliphatic carbocycles. The van der Waals surface area contributed by atoms with Crippen LogP contribution in [-0.4, -0.2) is 10.8 Å². The second kappa shape index (κ2) is 4.45. The molecule has 1 aromatic carbocycles. The van der Waals surface area contributed by atoms with Gasteiger partial charge in [-0.2, -0.15) is 0 Å². The number of nitrogen functional groups attached to an aromatic ring is 1. The van der Waals surface area contributed by atoms with E-state index in [4.69, 9.17) is 5.73 Å². The van der Waals surface area contributed by atoms with Gasteiger partial charge in [0.2, 0.25) is 0 Å². The molecule has 2 aromatic rings. The molecule has 0 saturated heterocycles. The van der Waals surface area contributed by atoms with E-state index in [0.29, 0.717) is 21.4 Å². The lowest BCUT2D eigenvalue weighted by molar-refractivity contribution is 0.103. The van der Waals surface area contributed by atoms with E-state index in [9.17, 15) is 4.79 Å². The van der Waals surface area contributed by atoms with Gasteiger partial charge in [0.25, 0.3) is 0 Å². The Labute approximate surface area is 101 Å². The molecule has 0 radical (unpaired) electrons. The van der Waals surface area contributed by atoms with Gasteiger partial charge in [0, 0.05) is 17.3 Å². The number of hydrogen-bond acceptors (Lipinski definition) is 3. The number of anilines is 1. The molecule has 3 nitrogen and oxygen atoms in total. The highest BCUT2D eigenvalue weighted by atomic mass is 79.9. The van der Waals surface area contributed by atoms with E-state index < -0.39 is 0 Å². The molecule has 0 atom stereocenters. The minimum absolute atomic E-state index is 0.0613. The van der Waals surface area contributed by atoms with Gasteiger partial charge in [-0.15, -0.1) is 0 Å². The van der Waals surface area contributed by atoms with Crippen LogP contribution in [0.3, 0.4) is 0 Å². The van der Waals surface area contributed by atoms with E-state index in [0.717, 1.165) is 0 Å². The summed E-state index contributed by atoms with van der Waals surface area (Å²) in [6, 6.07) is 10.7. The molecule has 0 fully saturated rings. The van der Waals surface area contributed by atoms with Gasteiger partial charge in [-0.3, -0.25) is 4.79 Å². The lowest BCUT2D eigenvalue weighted by Gasteiger charge is -2.02. The van der Waals surface area contributed by atoms with Crippen molar-refractivity contribution < 1.29 is 4.79 Å². The first-order valence-corrected chi connectivity index (χ1v) is 5.48. The summed E-state index contributed by atoms with van der Waals surface area (Å²) in [5.41, 5.74) is 6.72. The van der Waals surface area contributed by atoms with E-state index in [1.807, 2.05) is 18.2 Å². The van der Waals surface area contributed by atoms with Gasteiger partial charge in [-0.05, 0) is 22.0 Å². The monoisotopic (exact) mass is 276 g/mol. The number of ketones is 1. The zero-order valence-corrected chi connectivity index (χ0v) is 9.94. The molecular weight excluding hydrogens is 268 g/mol. The third-order valence-corrected chi connectivity index (χ3v) is 2.80. The van der Waals surface area contributed by atoms with E-state index in [1.165, 1.54) is 6.20 Å². The number of carbonyl (C=O) groups excluding carboxylic acids is 1. The van der Waals surface area contributed by atoms with Gasteiger partial charge < -0.3 is 5.73 Å². The van der Waals surface area contributed by atoms with Gasteiger partial charge in [-0.25, -0.2) is 4.98 Å². The van der Waals surface area contributed by atoms with Crippen LogP contribution in [0.1, 0.15) is 15.9 Å². The maximum atomic E-state index is 12.0. The number of nitrogens with two attached hydrogens (primary N) is 1. The molecule has 0 amide bonds. The van der Waals surface area contributed by atoms with E-state index in [2.05, 4.69) is 20.9 Å². The van der Waals surface area contributed by atoms with Crippen LogP contribution in [0.2, 0.25) is 0 Å². The number of benzene rings is 1. The van der Waals surface area contributed by atoms with Crippen LogP contribution >= 0.6 is 15.9 Å². The first-order chi connectivity index (χ1) is 7.68. The number of nitrogens with zero attached hydrogens (tertiary/aromatic N) is 1. The number of carbonyl (C=O) groups is 1. The summed E-state index contributed by atoms with van der Waals surface area (Å²) >= 11 is 3.25. The Hall–Kier alpha value is -1.68. The van der Waals surface area contributed by atoms with Crippen LogP contribution in [-0.2, 0) is 0 Å². The molecule has 0 aliphatic rings. The third-order valence-electron chi connectivity index (χ3n) is 2.17. The lowest BCUT2D eigenvalue weighted by atomic mass is 10.1. The fourth-order valence-corrected chi connectivity index (χ4v) is 1.68. The van der Waals surface area contributed by atoms with Crippen LogP contribution in [0, 0.1) is 0 Å². The van der Waals surface area contributed by atoms with Gasteiger partial charge in [0.05, 0.1) is 4.47 Å². The highest BCUT2D eigenvalue weighted by Crippen LogP contribution is 2.19. The Morgan fingerprint density at radius 3 is 2.50 bits per heavy atom. The van der Waals surface area contributed by atoms with E-state index in [1.54, 1.807) is 18.2 Å². The first-order valence-electron chi connectivity index (χ1n) is 4.69. The number of pyridine rings is 1. The smallest absolute Gasteiger partial charge is 0.194 e. The second-order valence-electron chi connectivity index (χ2n) is 3.29. The summed E-state index contributed by atoms with van der Waals surface area (Å²) in [7, 11) is 0. The maximum absolute atomic E-state index is 12.0. The maximum Gasteiger partial charge on any atom is 0.194 e. The Morgan fingerprint density at radius 2 is 1.88 bits per heavy atom. The molecule has 0 spiro atoms. The highest BCUT2D eigenvalue weighted by Gasteiger charge is 2.10. The Morgan fingerprint density at radius 1 is 1.19 bits per heavy atom. The molecular formula is C12H9BrN2O. The molecule has 0 aliphatic heterocycles. The van der Waals surface area contributed by atoms with Crippen molar-refractivity contribution in [2.45, 2.75) is 0 Å². The molecule has 80 valence electrons.